The SMILES string of the molecule is COc1cc(Br)c(NC(=O)CSc2nc(C)c(C)c(C)c2C#N)c(Br)c1. The maximum atomic E-state index is 12.4. The van der Waals surface area contributed by atoms with Crippen molar-refractivity contribution < 1.29 is 9.53 Å². The van der Waals surface area contributed by atoms with Gasteiger partial charge in [0.2, 0.25) is 5.91 Å². The molecular formula is C18H17Br2N3O2S. The molecule has 5 nitrogen and oxygen atoms in total. The number of aryl methyl sites for hydroxylation is 1. The topological polar surface area (TPSA) is 75.0 Å². The average Bonchev–Trinajstić information content (AvgIpc) is 2.60. The molecule has 1 amide bonds. The van der Waals surface area contributed by atoms with E-state index in [0.717, 1.165) is 16.8 Å². The van der Waals surface area contributed by atoms with Gasteiger partial charge in [0.1, 0.15) is 16.8 Å². The number of halogens is 2. The predicted octanol–water partition coefficient (Wildman–Crippen LogP) is 5.14. The summed E-state index contributed by atoms with van der Waals surface area (Å²) in [6, 6.07) is 5.74. The number of rotatable bonds is 5. The monoisotopic (exact) mass is 497 g/mol. The zero-order valence-electron chi connectivity index (χ0n) is 14.7. The third kappa shape index (κ3) is 4.58. The van der Waals surface area contributed by atoms with Crippen molar-refractivity contribution in [2.75, 3.05) is 18.2 Å². The van der Waals surface area contributed by atoms with Crippen molar-refractivity contribution >= 4 is 55.2 Å². The molecule has 0 spiro atoms. The fourth-order valence-corrected chi connectivity index (χ4v) is 4.47. The first-order valence-electron chi connectivity index (χ1n) is 7.62. The van der Waals surface area contributed by atoms with E-state index in [4.69, 9.17) is 4.74 Å². The minimum Gasteiger partial charge on any atom is -0.497 e. The largest absolute Gasteiger partial charge is 0.497 e. The lowest BCUT2D eigenvalue weighted by Crippen LogP contribution is -2.15. The number of methoxy groups -OCH3 is 1. The van der Waals surface area contributed by atoms with E-state index in [-0.39, 0.29) is 11.7 Å². The molecule has 1 aromatic heterocycles. The van der Waals surface area contributed by atoms with Gasteiger partial charge < -0.3 is 10.1 Å². The van der Waals surface area contributed by atoms with Gasteiger partial charge in [-0.3, -0.25) is 4.79 Å². The number of pyridine rings is 1. The van der Waals surface area contributed by atoms with Crippen molar-refractivity contribution in [3.05, 3.63) is 43.5 Å². The highest BCUT2D eigenvalue weighted by Crippen LogP contribution is 2.35. The molecule has 2 aromatic rings. The third-order valence-electron chi connectivity index (χ3n) is 3.93. The lowest BCUT2D eigenvalue weighted by Gasteiger charge is -2.13. The number of ether oxygens (including phenoxy) is 1. The Bertz CT molecular complexity index is 887. The van der Waals surface area contributed by atoms with Crippen molar-refractivity contribution in [2.24, 2.45) is 0 Å². The number of carbonyl (C=O) groups excluding carboxylic acids is 1. The van der Waals surface area contributed by atoms with Gasteiger partial charge in [0, 0.05) is 14.6 Å². The number of benzene rings is 1. The normalized spacial score (nSPS) is 10.3. The summed E-state index contributed by atoms with van der Waals surface area (Å²) in [6.07, 6.45) is 0. The molecule has 136 valence electrons. The van der Waals surface area contributed by atoms with Crippen LogP contribution in [0.25, 0.3) is 0 Å². The molecule has 0 unspecified atom stereocenters. The van der Waals surface area contributed by atoms with Crippen LogP contribution >= 0.6 is 43.6 Å². The lowest BCUT2D eigenvalue weighted by atomic mass is 10.1. The first kappa shape index (κ1) is 20.7. The van der Waals surface area contributed by atoms with Crippen LogP contribution in [0.2, 0.25) is 0 Å². The second-order valence-corrected chi connectivity index (χ2v) is 8.21. The number of aromatic nitrogens is 1. The third-order valence-corrected chi connectivity index (χ3v) is 6.16. The Hall–Kier alpha value is -1.56. The minimum absolute atomic E-state index is 0.147. The number of nitrogens with one attached hydrogen (secondary N) is 1. The van der Waals surface area contributed by atoms with Crippen molar-refractivity contribution in [1.82, 2.24) is 4.98 Å². The van der Waals surface area contributed by atoms with Gasteiger partial charge in [0.25, 0.3) is 0 Å². The van der Waals surface area contributed by atoms with Crippen molar-refractivity contribution in [2.45, 2.75) is 25.8 Å². The van der Waals surface area contributed by atoms with E-state index in [1.54, 1.807) is 19.2 Å². The van der Waals surface area contributed by atoms with Crippen LogP contribution in [0.3, 0.4) is 0 Å². The van der Waals surface area contributed by atoms with E-state index in [9.17, 15) is 10.1 Å². The zero-order valence-corrected chi connectivity index (χ0v) is 18.7. The van der Waals surface area contributed by atoms with E-state index < -0.39 is 0 Å². The summed E-state index contributed by atoms with van der Waals surface area (Å²) in [5.41, 5.74) is 3.92. The zero-order chi connectivity index (χ0) is 19.4. The molecule has 0 aliphatic rings. The first-order valence-corrected chi connectivity index (χ1v) is 10.2. The van der Waals surface area contributed by atoms with Crippen LogP contribution < -0.4 is 10.1 Å². The van der Waals surface area contributed by atoms with E-state index in [1.807, 2.05) is 20.8 Å². The predicted molar refractivity (Wildman–Crippen MR) is 111 cm³/mol. The smallest absolute Gasteiger partial charge is 0.234 e. The summed E-state index contributed by atoms with van der Waals surface area (Å²) in [5, 5.41) is 12.8. The summed E-state index contributed by atoms with van der Waals surface area (Å²) in [4.78, 5) is 16.8. The van der Waals surface area contributed by atoms with Crippen LogP contribution in [0.1, 0.15) is 22.4 Å². The Morgan fingerprint density at radius 3 is 2.42 bits per heavy atom. The Balaban J connectivity index is 2.15. The van der Waals surface area contributed by atoms with E-state index >= 15 is 0 Å². The highest BCUT2D eigenvalue weighted by molar-refractivity contribution is 9.11. The number of thioether (sulfide) groups is 1. The molecule has 0 aliphatic heterocycles. The quantitative estimate of drug-likeness (QED) is 0.577. The number of hydrogen-bond acceptors (Lipinski definition) is 5. The summed E-state index contributed by atoms with van der Waals surface area (Å²) >= 11 is 8.11. The number of nitriles is 1. The molecule has 0 bridgehead atoms. The molecule has 2 rings (SSSR count). The number of nitrogens with zero attached hydrogens (tertiary/aromatic N) is 2. The maximum absolute atomic E-state index is 12.4. The van der Waals surface area contributed by atoms with Crippen LogP contribution in [0.15, 0.2) is 26.1 Å². The second kappa shape index (κ2) is 8.89. The van der Waals surface area contributed by atoms with Gasteiger partial charge in [-0.2, -0.15) is 5.26 Å². The van der Waals surface area contributed by atoms with Gasteiger partial charge in [0.05, 0.1) is 24.1 Å². The van der Waals surface area contributed by atoms with Gasteiger partial charge in [-0.05, 0) is 75.9 Å². The van der Waals surface area contributed by atoms with E-state index in [1.165, 1.54) is 11.8 Å². The average molecular weight is 499 g/mol. The summed E-state index contributed by atoms with van der Waals surface area (Å²) in [5.74, 6) is 0.627. The molecule has 26 heavy (non-hydrogen) atoms. The van der Waals surface area contributed by atoms with Gasteiger partial charge in [0.15, 0.2) is 0 Å². The molecule has 0 saturated heterocycles. The van der Waals surface area contributed by atoms with Crippen LogP contribution in [-0.2, 0) is 4.79 Å². The Morgan fingerprint density at radius 1 is 1.27 bits per heavy atom. The summed E-state index contributed by atoms with van der Waals surface area (Å²) in [6.45, 7) is 5.75. The molecule has 0 atom stereocenters. The van der Waals surface area contributed by atoms with Gasteiger partial charge in [-0.25, -0.2) is 4.98 Å². The lowest BCUT2D eigenvalue weighted by molar-refractivity contribution is -0.113. The van der Waals surface area contributed by atoms with Crippen LogP contribution in [0, 0.1) is 32.1 Å². The van der Waals surface area contributed by atoms with Crippen LogP contribution in [0.5, 0.6) is 5.75 Å². The summed E-state index contributed by atoms with van der Waals surface area (Å²) in [7, 11) is 1.58. The molecule has 0 fully saturated rings. The van der Waals surface area contributed by atoms with Gasteiger partial charge in [-0.1, -0.05) is 11.8 Å². The molecule has 1 aromatic carbocycles. The van der Waals surface area contributed by atoms with Crippen molar-refractivity contribution in [1.29, 1.82) is 5.26 Å². The highest BCUT2D eigenvalue weighted by atomic mass is 79.9. The first-order chi connectivity index (χ1) is 12.3. The Labute approximate surface area is 173 Å². The number of hydrogen-bond donors (Lipinski definition) is 1. The van der Waals surface area contributed by atoms with Gasteiger partial charge >= 0.3 is 0 Å². The number of amides is 1. The summed E-state index contributed by atoms with van der Waals surface area (Å²) < 4.78 is 6.60. The van der Waals surface area contributed by atoms with Gasteiger partial charge in [-0.15, -0.1) is 0 Å². The van der Waals surface area contributed by atoms with Crippen molar-refractivity contribution in [3.63, 3.8) is 0 Å². The minimum atomic E-state index is -0.192. The second-order valence-electron chi connectivity index (χ2n) is 5.54. The standard InChI is InChI=1S/C18H17Br2N3O2S/c1-9-10(2)13(7-21)18(22-11(9)3)26-8-16(24)23-17-14(19)5-12(25-4)6-15(17)20/h5-6H,8H2,1-4H3,(H,23,24). The maximum Gasteiger partial charge on any atom is 0.234 e. The Kier molecular flexibility index (Phi) is 7.09. The molecule has 0 aliphatic carbocycles. The fourth-order valence-electron chi connectivity index (χ4n) is 2.24. The molecule has 0 saturated carbocycles. The number of anilines is 1. The van der Waals surface area contributed by atoms with E-state index in [2.05, 4.69) is 48.2 Å². The number of carbonyl (C=O) groups is 1. The van der Waals surface area contributed by atoms with Crippen LogP contribution in [0.4, 0.5) is 5.69 Å². The molecule has 1 heterocycles. The van der Waals surface area contributed by atoms with E-state index in [0.29, 0.717) is 31.0 Å². The fraction of sp³-hybridized carbons (Fsp3) is 0.278. The van der Waals surface area contributed by atoms with Crippen LogP contribution in [-0.4, -0.2) is 23.8 Å². The molecule has 8 heteroatoms. The Morgan fingerprint density at radius 2 is 1.88 bits per heavy atom. The highest BCUT2D eigenvalue weighted by Gasteiger charge is 2.16. The molecule has 0 radical (unpaired) electrons. The molecular weight excluding hydrogens is 482 g/mol. The van der Waals surface area contributed by atoms with Crippen molar-refractivity contribution in [3.8, 4) is 11.8 Å². The molecule has 1 N–H and O–H groups in total.